The molecule has 0 saturated carbocycles. The lowest BCUT2D eigenvalue weighted by molar-refractivity contribution is -0.885. The van der Waals surface area contributed by atoms with E-state index in [0.717, 1.165) is 6.42 Å². The molecule has 0 amide bonds. The number of unbranched alkanes of at least 4 members (excludes halogenated alkanes) is 2. The Kier molecular flexibility index (Phi) is 12.3. The van der Waals surface area contributed by atoms with E-state index in [1.807, 2.05) is 0 Å². The summed E-state index contributed by atoms with van der Waals surface area (Å²) in [5.74, 6) is -2.29. The first-order valence-corrected chi connectivity index (χ1v) is 5.79. The van der Waals surface area contributed by atoms with Crippen LogP contribution in [0.5, 0.6) is 0 Å². The summed E-state index contributed by atoms with van der Waals surface area (Å²) in [5.41, 5.74) is 0. The van der Waals surface area contributed by atoms with Gasteiger partial charge in [-0.1, -0.05) is 0 Å². The van der Waals surface area contributed by atoms with Crippen molar-refractivity contribution in [1.82, 2.24) is 0 Å². The van der Waals surface area contributed by atoms with Crippen molar-refractivity contribution in [2.24, 2.45) is 0 Å². The summed E-state index contributed by atoms with van der Waals surface area (Å²) in [5, 5.41) is 17.3. The number of carbonyl (C=O) groups is 3. The van der Waals surface area contributed by atoms with Gasteiger partial charge in [0.15, 0.2) is 13.1 Å². The molecule has 0 bridgehead atoms. The highest BCUT2D eigenvalue weighted by molar-refractivity contribution is 5.70. The van der Waals surface area contributed by atoms with Crippen LogP contribution in [-0.2, 0) is 19.1 Å². The Hall–Kier alpha value is -1.34. The predicted octanol–water partition coefficient (Wildman–Crippen LogP) is -4.22. The number of nitrogens with one attached hydrogen (secondary N) is 1. The maximum absolute atomic E-state index is 10.8. The van der Waals surface area contributed by atoms with Crippen LogP contribution in [0.25, 0.3) is 0 Å². The number of halogens is 1. The van der Waals surface area contributed by atoms with Gasteiger partial charge in [0.25, 0.3) is 0 Å². The summed E-state index contributed by atoms with van der Waals surface area (Å²) in [6, 6.07) is 0. The Balaban J connectivity index is 0. The minimum Gasteiger partial charge on any atom is -1.00 e. The highest BCUT2D eigenvalue weighted by Crippen LogP contribution is 1.99. The smallest absolute Gasteiger partial charge is 0.359 e. The number of hydrogen-bond donors (Lipinski definition) is 3. The number of methoxy groups -OCH3 is 1. The van der Waals surface area contributed by atoms with Crippen molar-refractivity contribution >= 4 is 17.9 Å². The van der Waals surface area contributed by atoms with E-state index >= 15 is 0 Å². The first kappa shape index (κ1) is 20.0. The van der Waals surface area contributed by atoms with Gasteiger partial charge in [0, 0.05) is 6.42 Å². The van der Waals surface area contributed by atoms with E-state index in [1.54, 1.807) is 0 Å². The van der Waals surface area contributed by atoms with Crippen LogP contribution in [0.4, 0.5) is 0 Å². The summed E-state index contributed by atoms with van der Waals surface area (Å²) in [7, 11) is 1.33. The van der Waals surface area contributed by atoms with Crippen molar-refractivity contribution in [3.8, 4) is 0 Å². The van der Waals surface area contributed by atoms with Gasteiger partial charge in [-0.15, -0.1) is 0 Å². The Bertz CT molecular complexity index is 281. The minimum atomic E-state index is -1.01. The standard InChI is InChI=1S/C11H19NO6.ClH/c1-18-11(17)5-3-2-4-6-12(7-9(13)14)8-10(15)16;/h2-8H2,1H3,(H,13,14)(H,15,16);1H. The second kappa shape index (κ2) is 11.7. The maximum atomic E-state index is 10.8. The van der Waals surface area contributed by atoms with Gasteiger partial charge in [-0.25, -0.2) is 9.59 Å². The van der Waals surface area contributed by atoms with Crippen molar-refractivity contribution < 1.29 is 46.6 Å². The molecule has 0 aromatic heterocycles. The molecule has 0 atom stereocenters. The lowest BCUT2D eigenvalue weighted by Gasteiger charge is -2.14. The van der Waals surface area contributed by atoms with Gasteiger partial charge >= 0.3 is 17.9 Å². The van der Waals surface area contributed by atoms with Crippen LogP contribution in [0.3, 0.4) is 0 Å². The second-order valence-corrected chi connectivity index (χ2v) is 4.03. The van der Waals surface area contributed by atoms with Crippen molar-refractivity contribution in [1.29, 1.82) is 0 Å². The van der Waals surface area contributed by atoms with Crippen LogP contribution in [0.2, 0.25) is 0 Å². The van der Waals surface area contributed by atoms with E-state index in [2.05, 4.69) is 4.74 Å². The number of hydrogen-bond acceptors (Lipinski definition) is 4. The zero-order valence-electron chi connectivity index (χ0n) is 10.9. The predicted molar refractivity (Wildman–Crippen MR) is 61.3 cm³/mol. The summed E-state index contributed by atoms with van der Waals surface area (Å²) < 4.78 is 4.48. The van der Waals surface area contributed by atoms with Gasteiger partial charge in [0.05, 0.1) is 13.7 Å². The number of carboxylic acids is 2. The van der Waals surface area contributed by atoms with Crippen LogP contribution < -0.4 is 17.3 Å². The van der Waals surface area contributed by atoms with Gasteiger partial charge in [0.2, 0.25) is 0 Å². The molecule has 0 rings (SSSR count). The van der Waals surface area contributed by atoms with Crippen LogP contribution in [0, 0.1) is 0 Å². The van der Waals surface area contributed by atoms with Crippen LogP contribution in [0.15, 0.2) is 0 Å². The molecule has 0 fully saturated rings. The highest BCUT2D eigenvalue weighted by Gasteiger charge is 2.16. The van der Waals surface area contributed by atoms with E-state index in [-0.39, 0.29) is 31.5 Å². The average molecular weight is 298 g/mol. The fourth-order valence-electron chi connectivity index (χ4n) is 1.59. The molecule has 7 nitrogen and oxygen atoms in total. The highest BCUT2D eigenvalue weighted by atomic mass is 35.5. The van der Waals surface area contributed by atoms with E-state index < -0.39 is 11.9 Å². The Labute approximate surface area is 117 Å². The first-order valence-electron chi connectivity index (χ1n) is 5.79. The van der Waals surface area contributed by atoms with Crippen molar-refractivity contribution in [2.75, 3.05) is 26.7 Å². The topological polar surface area (TPSA) is 105 Å². The van der Waals surface area contributed by atoms with E-state index in [9.17, 15) is 14.4 Å². The summed E-state index contributed by atoms with van der Waals surface area (Å²) in [6.07, 6.45) is 2.44. The third kappa shape index (κ3) is 12.9. The largest absolute Gasteiger partial charge is 1.00 e. The fraction of sp³-hybridized carbons (Fsp3) is 0.727. The van der Waals surface area contributed by atoms with E-state index in [1.165, 1.54) is 7.11 Å². The molecule has 3 N–H and O–H groups in total. The van der Waals surface area contributed by atoms with E-state index in [4.69, 9.17) is 10.2 Å². The SMILES string of the molecule is COC(=O)CCCCC[NH+](CC(=O)O)CC(=O)O.[Cl-]. The molecule has 0 aliphatic heterocycles. The Morgan fingerprint density at radius 1 is 1.00 bits per heavy atom. The molecule has 19 heavy (non-hydrogen) atoms. The third-order valence-corrected chi connectivity index (χ3v) is 2.44. The summed E-state index contributed by atoms with van der Waals surface area (Å²) >= 11 is 0. The molecule has 0 unspecified atom stereocenters. The number of carbonyl (C=O) groups excluding carboxylic acids is 1. The maximum Gasteiger partial charge on any atom is 0.359 e. The number of ether oxygens (including phenoxy) is 1. The molecule has 0 saturated heterocycles. The quantitative estimate of drug-likeness (QED) is 0.279. The average Bonchev–Trinajstić information content (AvgIpc) is 2.26. The molecule has 8 heteroatoms. The van der Waals surface area contributed by atoms with Gasteiger partial charge in [0.1, 0.15) is 0 Å². The Morgan fingerprint density at radius 3 is 1.95 bits per heavy atom. The molecule has 0 heterocycles. The zero-order chi connectivity index (χ0) is 14.0. The summed E-state index contributed by atoms with van der Waals surface area (Å²) in [6.45, 7) is 0.0619. The number of aliphatic carboxylic acids is 2. The van der Waals surface area contributed by atoms with Crippen LogP contribution in [0.1, 0.15) is 25.7 Å². The zero-order valence-corrected chi connectivity index (χ0v) is 11.6. The number of carboxylic acid groups (broad SMARTS) is 2. The second-order valence-electron chi connectivity index (χ2n) is 4.03. The number of esters is 1. The lowest BCUT2D eigenvalue weighted by atomic mass is 10.2. The number of rotatable bonds is 10. The molecule has 0 aromatic carbocycles. The van der Waals surface area contributed by atoms with Crippen molar-refractivity contribution in [2.45, 2.75) is 25.7 Å². The lowest BCUT2D eigenvalue weighted by Crippen LogP contribution is -3.13. The molecule has 0 spiro atoms. The summed E-state index contributed by atoms with van der Waals surface area (Å²) in [4.78, 5) is 32.4. The third-order valence-electron chi connectivity index (χ3n) is 2.44. The molecule has 0 radical (unpaired) electrons. The molecular formula is C11H20ClNO6. The minimum absolute atomic E-state index is 0. The van der Waals surface area contributed by atoms with Gasteiger partial charge in [-0.3, -0.25) is 4.79 Å². The monoisotopic (exact) mass is 297 g/mol. The molecule has 112 valence electrons. The van der Waals surface area contributed by atoms with Crippen LogP contribution in [-0.4, -0.2) is 54.9 Å². The molecule has 0 aliphatic carbocycles. The molecule has 0 aliphatic rings. The number of quaternary nitrogens is 1. The van der Waals surface area contributed by atoms with Gasteiger partial charge < -0.3 is 32.3 Å². The molecule has 0 aromatic rings. The van der Waals surface area contributed by atoms with Gasteiger partial charge in [-0.2, -0.15) is 0 Å². The molecular weight excluding hydrogens is 278 g/mol. The first-order chi connectivity index (χ1) is 8.45. The van der Waals surface area contributed by atoms with Crippen molar-refractivity contribution in [3.63, 3.8) is 0 Å². The van der Waals surface area contributed by atoms with Crippen LogP contribution >= 0.6 is 0 Å². The normalized spacial score (nSPS) is 9.79. The van der Waals surface area contributed by atoms with Gasteiger partial charge in [-0.05, 0) is 19.3 Å². The van der Waals surface area contributed by atoms with Crippen molar-refractivity contribution in [3.05, 3.63) is 0 Å². The van der Waals surface area contributed by atoms with E-state index in [0.29, 0.717) is 30.7 Å². The fourth-order valence-corrected chi connectivity index (χ4v) is 1.59. The Morgan fingerprint density at radius 2 is 1.53 bits per heavy atom.